The van der Waals surface area contributed by atoms with Crippen LogP contribution in [0.2, 0.25) is 0 Å². The molecule has 1 aliphatic rings. The maximum Gasteiger partial charge on any atom is 0.408 e. The predicted molar refractivity (Wildman–Crippen MR) is 135 cm³/mol. The van der Waals surface area contributed by atoms with Crippen molar-refractivity contribution in [1.29, 1.82) is 0 Å². The number of carbonyl (C=O) groups excluding carboxylic acids is 2. The third-order valence-electron chi connectivity index (χ3n) is 6.03. The summed E-state index contributed by atoms with van der Waals surface area (Å²) in [6.07, 6.45) is -2.29. The van der Waals surface area contributed by atoms with Crippen molar-refractivity contribution in [1.82, 2.24) is 5.32 Å². The summed E-state index contributed by atoms with van der Waals surface area (Å²) in [6, 6.07) is 17.6. The Balaban J connectivity index is 1.50. The van der Waals surface area contributed by atoms with E-state index in [2.05, 4.69) is 5.32 Å². The number of ketones is 1. The topological polar surface area (TPSA) is 102 Å². The van der Waals surface area contributed by atoms with Crippen LogP contribution in [0.15, 0.2) is 60.7 Å². The molecule has 1 aliphatic heterocycles. The van der Waals surface area contributed by atoms with Gasteiger partial charge in [-0.3, -0.25) is 4.79 Å². The molecule has 194 valence electrons. The highest BCUT2D eigenvalue weighted by molar-refractivity contribution is 6.04. The lowest BCUT2D eigenvalue weighted by Gasteiger charge is -2.32. The molecule has 0 fully saturated rings. The van der Waals surface area contributed by atoms with Crippen LogP contribution in [-0.4, -0.2) is 53.0 Å². The Bertz CT molecular complexity index is 1270. The number of carbonyl (C=O) groups is 2. The van der Waals surface area contributed by atoms with Crippen molar-refractivity contribution < 1.29 is 38.0 Å². The molecule has 0 spiro atoms. The third kappa shape index (κ3) is 5.72. The van der Waals surface area contributed by atoms with E-state index in [9.17, 15) is 9.59 Å². The Morgan fingerprint density at radius 2 is 1.62 bits per heavy atom. The lowest BCUT2D eigenvalue weighted by Crippen LogP contribution is -2.42. The zero-order valence-electron chi connectivity index (χ0n) is 21.1. The molecule has 1 heterocycles. The molecule has 1 amide bonds. The molecule has 4 rings (SSSR count). The van der Waals surface area contributed by atoms with Crippen LogP contribution in [0.4, 0.5) is 4.79 Å². The fraction of sp³-hybridized carbons (Fsp3) is 0.286. The molecule has 0 unspecified atom stereocenters. The minimum Gasteiger partial charge on any atom is -0.497 e. The lowest BCUT2D eigenvalue weighted by molar-refractivity contribution is 0.00905. The Labute approximate surface area is 215 Å². The van der Waals surface area contributed by atoms with Crippen LogP contribution in [0.1, 0.15) is 27.6 Å². The van der Waals surface area contributed by atoms with Gasteiger partial charge in [0.25, 0.3) is 0 Å². The SMILES string of the molecule is COc1cccc([C@@H]2Oc3ccc(OC)cc3C(=O)[C@H]2OC(=O)NCCc2ccc(OC)c(OC)c2)c1. The molecule has 0 saturated carbocycles. The number of hydrogen-bond donors (Lipinski definition) is 1. The van der Waals surface area contributed by atoms with Gasteiger partial charge in [0.15, 0.2) is 17.6 Å². The number of benzene rings is 3. The molecule has 3 aromatic rings. The molecule has 3 aromatic carbocycles. The van der Waals surface area contributed by atoms with Crippen molar-refractivity contribution >= 4 is 11.9 Å². The van der Waals surface area contributed by atoms with Gasteiger partial charge in [0.1, 0.15) is 17.2 Å². The fourth-order valence-electron chi connectivity index (χ4n) is 4.10. The maximum atomic E-state index is 13.5. The van der Waals surface area contributed by atoms with Crippen LogP contribution in [-0.2, 0) is 11.2 Å². The number of alkyl carbamates (subject to hydrolysis) is 1. The highest BCUT2D eigenvalue weighted by Crippen LogP contribution is 2.39. The molecule has 0 bridgehead atoms. The number of rotatable bonds is 9. The van der Waals surface area contributed by atoms with Gasteiger partial charge in [-0.05, 0) is 54.4 Å². The van der Waals surface area contributed by atoms with E-state index in [0.717, 1.165) is 5.56 Å². The minimum absolute atomic E-state index is 0.279. The smallest absolute Gasteiger partial charge is 0.408 e. The number of Topliss-reactive ketones (excluding diaryl/α,β-unsaturated/α-hetero) is 1. The van der Waals surface area contributed by atoms with Gasteiger partial charge in [0.2, 0.25) is 11.9 Å². The molecular weight excluding hydrogens is 478 g/mol. The lowest BCUT2D eigenvalue weighted by atomic mass is 9.93. The second-order valence-corrected chi connectivity index (χ2v) is 8.23. The number of methoxy groups -OCH3 is 4. The summed E-state index contributed by atoms with van der Waals surface area (Å²) < 4.78 is 33.0. The monoisotopic (exact) mass is 507 g/mol. The largest absolute Gasteiger partial charge is 0.497 e. The van der Waals surface area contributed by atoms with E-state index in [1.807, 2.05) is 12.1 Å². The van der Waals surface area contributed by atoms with Crippen LogP contribution in [0.5, 0.6) is 28.7 Å². The molecule has 2 atom stereocenters. The van der Waals surface area contributed by atoms with Crippen LogP contribution in [0.3, 0.4) is 0 Å². The molecule has 37 heavy (non-hydrogen) atoms. The van der Waals surface area contributed by atoms with E-state index in [-0.39, 0.29) is 17.9 Å². The van der Waals surface area contributed by atoms with Gasteiger partial charge < -0.3 is 33.7 Å². The van der Waals surface area contributed by atoms with Gasteiger partial charge in [-0.15, -0.1) is 0 Å². The average Bonchev–Trinajstić information content (AvgIpc) is 2.94. The van der Waals surface area contributed by atoms with E-state index in [0.29, 0.717) is 40.7 Å². The molecule has 9 heteroatoms. The predicted octanol–water partition coefficient (Wildman–Crippen LogP) is 4.37. The second-order valence-electron chi connectivity index (χ2n) is 8.23. The van der Waals surface area contributed by atoms with Crippen LogP contribution >= 0.6 is 0 Å². The summed E-state index contributed by atoms with van der Waals surface area (Å²) >= 11 is 0. The maximum absolute atomic E-state index is 13.5. The van der Waals surface area contributed by atoms with Crippen molar-refractivity contribution in [2.45, 2.75) is 18.6 Å². The Morgan fingerprint density at radius 3 is 2.35 bits per heavy atom. The summed E-state index contributed by atoms with van der Waals surface area (Å²) in [7, 11) is 6.19. The standard InChI is InChI=1S/C28H29NO8/c1-32-19-7-5-6-18(15-19)26-27(25(30)21-16-20(33-2)9-11-22(21)36-26)37-28(31)29-13-12-17-8-10-23(34-3)24(14-17)35-4/h5-11,14-16,26-27H,12-13H2,1-4H3,(H,29,31)/t26-,27+/m0/s1. The second kappa shape index (κ2) is 11.6. The van der Waals surface area contributed by atoms with E-state index in [1.165, 1.54) is 7.11 Å². The Kier molecular flexibility index (Phi) is 8.02. The number of ether oxygens (including phenoxy) is 6. The number of fused-ring (bicyclic) bond motifs is 1. The van der Waals surface area contributed by atoms with Gasteiger partial charge in [-0.1, -0.05) is 18.2 Å². The van der Waals surface area contributed by atoms with Crippen LogP contribution in [0, 0.1) is 0 Å². The first kappa shape index (κ1) is 25.7. The highest BCUT2D eigenvalue weighted by Gasteiger charge is 2.41. The molecule has 9 nitrogen and oxygen atoms in total. The van der Waals surface area contributed by atoms with E-state index in [4.69, 9.17) is 28.4 Å². The van der Waals surface area contributed by atoms with Crippen LogP contribution in [0.25, 0.3) is 0 Å². The van der Waals surface area contributed by atoms with Crippen molar-refractivity contribution in [3.63, 3.8) is 0 Å². The zero-order chi connectivity index (χ0) is 26.4. The number of nitrogens with one attached hydrogen (secondary N) is 1. The first-order chi connectivity index (χ1) is 18.0. The first-order valence-electron chi connectivity index (χ1n) is 11.7. The number of amides is 1. The number of hydrogen-bond acceptors (Lipinski definition) is 8. The van der Waals surface area contributed by atoms with Gasteiger partial charge in [-0.25, -0.2) is 4.79 Å². The quantitative estimate of drug-likeness (QED) is 0.456. The summed E-state index contributed by atoms with van der Waals surface area (Å²) in [4.78, 5) is 26.3. The molecule has 0 aliphatic carbocycles. The van der Waals surface area contributed by atoms with Crippen molar-refractivity contribution in [2.75, 3.05) is 35.0 Å². The Morgan fingerprint density at radius 1 is 0.865 bits per heavy atom. The van der Waals surface area contributed by atoms with Gasteiger partial charge in [0, 0.05) is 12.1 Å². The average molecular weight is 508 g/mol. The molecule has 1 N–H and O–H groups in total. The van der Waals surface area contributed by atoms with Crippen molar-refractivity contribution in [3.05, 3.63) is 77.4 Å². The molecule has 0 aromatic heterocycles. The molecular formula is C28H29NO8. The molecule has 0 saturated heterocycles. The summed E-state index contributed by atoms with van der Waals surface area (Å²) in [5.74, 6) is 2.30. The van der Waals surface area contributed by atoms with Crippen molar-refractivity contribution in [2.24, 2.45) is 0 Å². The summed E-state index contributed by atoms with van der Waals surface area (Å²) in [5.41, 5.74) is 1.85. The van der Waals surface area contributed by atoms with E-state index in [1.54, 1.807) is 69.9 Å². The summed E-state index contributed by atoms with van der Waals surface area (Å²) in [5, 5.41) is 2.72. The minimum atomic E-state index is -1.22. The molecule has 0 radical (unpaired) electrons. The first-order valence-corrected chi connectivity index (χ1v) is 11.7. The van der Waals surface area contributed by atoms with E-state index >= 15 is 0 Å². The van der Waals surface area contributed by atoms with Gasteiger partial charge in [0.05, 0.1) is 34.0 Å². The fourth-order valence-corrected chi connectivity index (χ4v) is 4.10. The van der Waals surface area contributed by atoms with E-state index < -0.39 is 18.3 Å². The van der Waals surface area contributed by atoms with Gasteiger partial charge in [-0.2, -0.15) is 0 Å². The third-order valence-corrected chi connectivity index (χ3v) is 6.03. The highest BCUT2D eigenvalue weighted by atomic mass is 16.6. The van der Waals surface area contributed by atoms with Crippen molar-refractivity contribution in [3.8, 4) is 28.7 Å². The zero-order valence-corrected chi connectivity index (χ0v) is 21.1. The Hall–Kier alpha value is -4.40. The normalized spacial score (nSPS) is 16.2. The summed E-state index contributed by atoms with van der Waals surface area (Å²) in [6.45, 7) is 0.282. The van der Waals surface area contributed by atoms with Crippen LogP contribution < -0.4 is 29.0 Å². The van der Waals surface area contributed by atoms with Gasteiger partial charge >= 0.3 is 6.09 Å².